The third kappa shape index (κ3) is 5.88. The van der Waals surface area contributed by atoms with Crippen LogP contribution in [0.1, 0.15) is 32.4 Å². The van der Waals surface area contributed by atoms with E-state index in [1.165, 1.54) is 7.11 Å². The lowest BCUT2D eigenvalue weighted by Gasteiger charge is -2.26. The second-order valence-corrected chi connectivity index (χ2v) is 5.71. The van der Waals surface area contributed by atoms with Crippen molar-refractivity contribution in [1.29, 1.82) is 0 Å². The van der Waals surface area contributed by atoms with Gasteiger partial charge in [0.2, 0.25) is 0 Å². The van der Waals surface area contributed by atoms with Gasteiger partial charge in [0.05, 0.1) is 13.2 Å². The van der Waals surface area contributed by atoms with Gasteiger partial charge in [-0.1, -0.05) is 35.4 Å². The molecule has 0 aliphatic carbocycles. The predicted octanol–water partition coefficient (Wildman–Crippen LogP) is 3.10. The molecule has 0 bridgehead atoms. The molecular weight excluding hydrogens is 300 g/mol. The number of hydrogen-bond acceptors (Lipinski definition) is 5. The molecule has 0 heterocycles. The fourth-order valence-corrected chi connectivity index (χ4v) is 1.87. The van der Waals surface area contributed by atoms with Gasteiger partial charge in [-0.2, -0.15) is 0 Å². The van der Waals surface area contributed by atoms with E-state index in [1.807, 2.05) is 0 Å². The molecule has 0 radical (unpaired) electrons. The van der Waals surface area contributed by atoms with Crippen molar-refractivity contribution in [3.8, 4) is 0 Å². The van der Waals surface area contributed by atoms with Crippen molar-refractivity contribution in [2.24, 2.45) is 5.11 Å². The first-order valence-corrected chi connectivity index (χ1v) is 6.95. The van der Waals surface area contributed by atoms with E-state index in [9.17, 15) is 9.59 Å². The number of nitrogens with one attached hydrogen (secondary N) is 1. The van der Waals surface area contributed by atoms with Gasteiger partial charge in [-0.3, -0.25) is 4.79 Å². The summed E-state index contributed by atoms with van der Waals surface area (Å²) in [4.78, 5) is 26.6. The average molecular weight is 320 g/mol. The van der Waals surface area contributed by atoms with Gasteiger partial charge in [-0.25, -0.2) is 4.79 Å². The molecule has 0 saturated carbocycles. The number of nitrogens with zero attached hydrogens (tertiary/aromatic N) is 3. The van der Waals surface area contributed by atoms with Crippen molar-refractivity contribution in [3.63, 3.8) is 0 Å². The molecule has 0 aliphatic heterocycles. The Kier molecular flexibility index (Phi) is 6.41. The van der Waals surface area contributed by atoms with Crippen LogP contribution in [0.3, 0.4) is 0 Å². The van der Waals surface area contributed by atoms with Gasteiger partial charge in [-0.05, 0) is 31.9 Å². The fraction of sp³-hybridized carbons (Fsp3) is 0.467. The van der Waals surface area contributed by atoms with Crippen LogP contribution in [-0.4, -0.2) is 30.8 Å². The van der Waals surface area contributed by atoms with Crippen LogP contribution in [0.15, 0.2) is 35.4 Å². The summed E-state index contributed by atoms with van der Waals surface area (Å²) in [5.74, 6) is -0.757. The van der Waals surface area contributed by atoms with E-state index in [-0.39, 0.29) is 0 Å². The molecule has 0 unspecified atom stereocenters. The summed E-state index contributed by atoms with van der Waals surface area (Å²) in [5, 5.41) is 6.02. The molecule has 0 fully saturated rings. The van der Waals surface area contributed by atoms with E-state index < -0.39 is 29.7 Å². The summed E-state index contributed by atoms with van der Waals surface area (Å²) in [7, 11) is 1.18. The lowest BCUT2D eigenvalue weighted by Crippen LogP contribution is -2.42. The van der Waals surface area contributed by atoms with Crippen LogP contribution in [0.4, 0.5) is 4.79 Å². The number of rotatable bonds is 5. The molecule has 0 aliphatic rings. The highest BCUT2D eigenvalue weighted by atomic mass is 16.6. The SMILES string of the molecule is COC(=O)[C@@H](N=[N+]=[N-])[C@@H](NC(=O)OC(C)(C)C)c1ccccc1. The molecule has 2 atom stereocenters. The summed E-state index contributed by atoms with van der Waals surface area (Å²) in [6.45, 7) is 5.15. The Bertz CT molecular complexity index is 591. The monoisotopic (exact) mass is 320 g/mol. The van der Waals surface area contributed by atoms with E-state index >= 15 is 0 Å². The van der Waals surface area contributed by atoms with Gasteiger partial charge in [0.1, 0.15) is 5.60 Å². The molecule has 8 nitrogen and oxygen atoms in total. The Labute approximate surface area is 134 Å². The standard InChI is InChI=1S/C15H20N4O4/c1-15(2,3)23-14(21)17-11(10-8-6-5-7-9-10)12(18-19-16)13(20)22-4/h5-9,11-12H,1-4H3,(H,17,21)/t11-,12-/m0/s1. The lowest BCUT2D eigenvalue weighted by molar-refractivity contribution is -0.142. The molecule has 124 valence electrons. The average Bonchev–Trinajstić information content (AvgIpc) is 2.49. The van der Waals surface area contributed by atoms with Crippen LogP contribution in [0.2, 0.25) is 0 Å². The zero-order valence-corrected chi connectivity index (χ0v) is 13.5. The second kappa shape index (κ2) is 8.05. The van der Waals surface area contributed by atoms with Crippen LogP contribution in [-0.2, 0) is 14.3 Å². The van der Waals surface area contributed by atoms with Crippen molar-refractivity contribution in [2.75, 3.05) is 7.11 Å². The van der Waals surface area contributed by atoms with E-state index in [0.29, 0.717) is 5.56 Å². The number of methoxy groups -OCH3 is 1. The number of amides is 1. The number of azide groups is 1. The Morgan fingerprint density at radius 3 is 2.35 bits per heavy atom. The number of esters is 1. The number of alkyl carbamates (subject to hydrolysis) is 1. The van der Waals surface area contributed by atoms with Crippen molar-refractivity contribution >= 4 is 12.1 Å². The zero-order valence-electron chi connectivity index (χ0n) is 13.5. The van der Waals surface area contributed by atoms with Gasteiger partial charge in [0.15, 0.2) is 6.04 Å². The Morgan fingerprint density at radius 1 is 1.26 bits per heavy atom. The summed E-state index contributed by atoms with van der Waals surface area (Å²) < 4.78 is 9.85. The predicted molar refractivity (Wildman–Crippen MR) is 83.5 cm³/mol. The maximum Gasteiger partial charge on any atom is 0.408 e. The molecule has 1 N–H and O–H groups in total. The normalized spacial score (nSPS) is 13.2. The molecule has 0 aromatic heterocycles. The van der Waals surface area contributed by atoms with E-state index in [1.54, 1.807) is 51.1 Å². The van der Waals surface area contributed by atoms with Gasteiger partial charge in [-0.15, -0.1) is 0 Å². The second-order valence-electron chi connectivity index (χ2n) is 5.71. The van der Waals surface area contributed by atoms with E-state index in [2.05, 4.69) is 20.1 Å². The van der Waals surface area contributed by atoms with Crippen LogP contribution in [0.25, 0.3) is 10.4 Å². The highest BCUT2D eigenvalue weighted by molar-refractivity contribution is 5.79. The quantitative estimate of drug-likeness (QED) is 0.388. The summed E-state index contributed by atoms with van der Waals surface area (Å²) >= 11 is 0. The van der Waals surface area contributed by atoms with Crippen molar-refractivity contribution in [1.82, 2.24) is 5.32 Å². The van der Waals surface area contributed by atoms with Crippen molar-refractivity contribution in [2.45, 2.75) is 38.5 Å². The lowest BCUT2D eigenvalue weighted by atomic mass is 10.00. The third-order valence-corrected chi connectivity index (χ3v) is 2.77. The highest BCUT2D eigenvalue weighted by Gasteiger charge is 2.32. The van der Waals surface area contributed by atoms with Crippen LogP contribution >= 0.6 is 0 Å². The molecule has 0 spiro atoms. The molecule has 1 aromatic rings. The third-order valence-electron chi connectivity index (χ3n) is 2.77. The van der Waals surface area contributed by atoms with Crippen molar-refractivity contribution < 1.29 is 19.1 Å². The van der Waals surface area contributed by atoms with Gasteiger partial charge < -0.3 is 14.8 Å². The van der Waals surface area contributed by atoms with Crippen molar-refractivity contribution in [3.05, 3.63) is 46.3 Å². The minimum Gasteiger partial charge on any atom is -0.469 e. The zero-order chi connectivity index (χ0) is 17.5. The van der Waals surface area contributed by atoms with Crippen LogP contribution < -0.4 is 5.32 Å². The van der Waals surface area contributed by atoms with E-state index in [0.717, 1.165) is 0 Å². The number of carbonyl (C=O) groups is 2. The summed E-state index contributed by atoms with van der Waals surface area (Å²) in [6.07, 6.45) is -0.728. The largest absolute Gasteiger partial charge is 0.469 e. The van der Waals surface area contributed by atoms with Gasteiger partial charge in [0, 0.05) is 4.91 Å². The first kappa shape index (κ1) is 18.3. The Balaban J connectivity index is 3.13. The Hall–Kier alpha value is -2.73. The molecule has 1 rings (SSSR count). The molecular formula is C15H20N4O4. The van der Waals surface area contributed by atoms with Gasteiger partial charge in [0.25, 0.3) is 0 Å². The first-order chi connectivity index (χ1) is 10.8. The summed E-state index contributed by atoms with van der Waals surface area (Å²) in [5.41, 5.74) is 8.58. The number of ether oxygens (including phenoxy) is 2. The van der Waals surface area contributed by atoms with Gasteiger partial charge >= 0.3 is 12.1 Å². The number of hydrogen-bond donors (Lipinski definition) is 1. The molecule has 23 heavy (non-hydrogen) atoms. The minimum absolute atomic E-state index is 0.584. The Morgan fingerprint density at radius 2 is 1.87 bits per heavy atom. The molecule has 0 saturated heterocycles. The van der Waals surface area contributed by atoms with E-state index in [4.69, 9.17) is 10.3 Å². The maximum atomic E-state index is 12.0. The highest BCUT2D eigenvalue weighted by Crippen LogP contribution is 2.21. The van der Waals surface area contributed by atoms with Crippen LogP contribution in [0.5, 0.6) is 0 Å². The fourth-order valence-electron chi connectivity index (χ4n) is 1.87. The summed E-state index contributed by atoms with van der Waals surface area (Å²) in [6, 6.07) is 6.51. The molecule has 1 aromatic carbocycles. The maximum absolute atomic E-state index is 12.0. The smallest absolute Gasteiger partial charge is 0.408 e. The first-order valence-electron chi connectivity index (χ1n) is 6.95. The number of carbonyl (C=O) groups excluding carboxylic acids is 2. The number of benzene rings is 1. The minimum atomic E-state index is -1.25. The topological polar surface area (TPSA) is 113 Å². The molecule has 8 heteroatoms. The molecule has 1 amide bonds. The van der Waals surface area contributed by atoms with Crippen LogP contribution in [0, 0.1) is 0 Å².